The smallest absolute Gasteiger partial charge is 0.259 e. The van der Waals surface area contributed by atoms with Crippen LogP contribution in [0.5, 0.6) is 0 Å². The van der Waals surface area contributed by atoms with Gasteiger partial charge in [0.15, 0.2) is 0 Å². The van der Waals surface area contributed by atoms with Crippen LogP contribution in [0.15, 0.2) is 18.2 Å². The average Bonchev–Trinajstić information content (AvgIpc) is 2.73. The Hall–Kier alpha value is -1.63. The maximum Gasteiger partial charge on any atom is 0.259 e. The molecule has 1 atom stereocenters. The molecule has 0 radical (unpaired) electrons. The Morgan fingerprint density at radius 1 is 1.30 bits per heavy atom. The van der Waals surface area contributed by atoms with Gasteiger partial charge < -0.3 is 0 Å². The van der Waals surface area contributed by atoms with Crippen LogP contribution in [0.2, 0.25) is 10.0 Å². The summed E-state index contributed by atoms with van der Waals surface area (Å²) in [6, 6.07) is 3.44. The second-order valence-electron chi connectivity index (χ2n) is 5.57. The van der Waals surface area contributed by atoms with Crippen molar-refractivity contribution < 1.29 is 19.2 Å². The van der Waals surface area contributed by atoms with Gasteiger partial charge in [0.2, 0.25) is 12.3 Å². The third-order valence-corrected chi connectivity index (χ3v) is 3.63. The highest BCUT2D eigenvalue weighted by atomic mass is 35.5. The van der Waals surface area contributed by atoms with Gasteiger partial charge in [-0.2, -0.15) is 0 Å². The van der Waals surface area contributed by atoms with E-state index in [0.29, 0.717) is 16.5 Å². The minimum absolute atomic E-state index is 0.153. The van der Waals surface area contributed by atoms with Crippen LogP contribution < -0.4 is 4.90 Å². The third kappa shape index (κ3) is 4.02. The molecule has 8 heteroatoms. The highest BCUT2D eigenvalue weighted by Crippen LogP contribution is 2.30. The van der Waals surface area contributed by atoms with Gasteiger partial charge in [-0.05, 0) is 24.1 Å². The number of carbonyl (C=O) groups is 3. The lowest BCUT2D eigenvalue weighted by molar-refractivity contribution is -0.191. The van der Waals surface area contributed by atoms with E-state index >= 15 is 0 Å². The van der Waals surface area contributed by atoms with Crippen molar-refractivity contribution in [2.24, 2.45) is 5.92 Å². The van der Waals surface area contributed by atoms with Crippen LogP contribution in [-0.2, 0) is 19.2 Å². The molecule has 3 amide bonds. The van der Waals surface area contributed by atoms with Crippen molar-refractivity contribution in [3.63, 3.8) is 0 Å². The van der Waals surface area contributed by atoms with Gasteiger partial charge >= 0.3 is 0 Å². The maximum absolute atomic E-state index is 12.5. The van der Waals surface area contributed by atoms with Crippen LogP contribution in [0, 0.1) is 5.92 Å². The number of rotatable bonds is 6. The van der Waals surface area contributed by atoms with Gasteiger partial charge in [-0.1, -0.05) is 37.0 Å². The highest BCUT2D eigenvalue weighted by molar-refractivity contribution is 6.35. The average molecular weight is 359 g/mol. The molecule has 0 aliphatic carbocycles. The summed E-state index contributed by atoms with van der Waals surface area (Å²) < 4.78 is 0. The van der Waals surface area contributed by atoms with Crippen molar-refractivity contribution in [1.82, 2.24) is 5.06 Å². The van der Waals surface area contributed by atoms with Crippen molar-refractivity contribution in [2.45, 2.75) is 26.3 Å². The lowest BCUT2D eigenvalue weighted by Gasteiger charge is -2.23. The van der Waals surface area contributed by atoms with Crippen molar-refractivity contribution in [2.75, 3.05) is 11.5 Å². The van der Waals surface area contributed by atoms with Crippen molar-refractivity contribution >= 4 is 47.1 Å². The van der Waals surface area contributed by atoms with E-state index in [4.69, 9.17) is 28.0 Å². The first-order valence-electron chi connectivity index (χ1n) is 7.03. The quantitative estimate of drug-likeness (QED) is 0.445. The fraction of sp³-hybridized carbons (Fsp3) is 0.400. The van der Waals surface area contributed by atoms with Gasteiger partial charge in [-0.25, -0.2) is 9.96 Å². The minimum Gasteiger partial charge on any atom is -0.276 e. The topological polar surface area (TPSA) is 66.9 Å². The van der Waals surface area contributed by atoms with Crippen LogP contribution in [0.3, 0.4) is 0 Å². The molecule has 1 aliphatic heterocycles. The minimum atomic E-state index is -0.989. The van der Waals surface area contributed by atoms with E-state index in [2.05, 4.69) is 0 Å². The van der Waals surface area contributed by atoms with Gasteiger partial charge in [0.1, 0.15) is 6.04 Å². The van der Waals surface area contributed by atoms with Crippen molar-refractivity contribution in [3.8, 4) is 0 Å². The molecular formula is C15H16Cl2N2O4. The number of hydroxylamine groups is 2. The second kappa shape index (κ2) is 7.29. The zero-order chi connectivity index (χ0) is 17.1. The number of carbonyl (C=O) groups excluding carboxylic acids is 3. The molecule has 2 rings (SSSR count). The normalized spacial score (nSPS) is 18.0. The summed E-state index contributed by atoms with van der Waals surface area (Å²) in [5.41, 5.74) is 0.273. The fourth-order valence-corrected chi connectivity index (χ4v) is 2.70. The van der Waals surface area contributed by atoms with Crippen molar-refractivity contribution in [1.29, 1.82) is 0 Å². The number of amides is 3. The van der Waals surface area contributed by atoms with E-state index < -0.39 is 17.9 Å². The third-order valence-electron chi connectivity index (χ3n) is 3.20. The zero-order valence-electron chi connectivity index (χ0n) is 12.7. The first-order chi connectivity index (χ1) is 10.8. The van der Waals surface area contributed by atoms with Gasteiger partial charge in [0.05, 0.1) is 18.7 Å². The van der Waals surface area contributed by atoms with Crippen LogP contribution in [0.1, 0.15) is 20.3 Å². The van der Waals surface area contributed by atoms with E-state index in [1.165, 1.54) is 18.2 Å². The first kappa shape index (κ1) is 17.7. The lowest BCUT2D eigenvalue weighted by atomic mass is 10.2. The number of hydrogen-bond donors (Lipinski definition) is 0. The van der Waals surface area contributed by atoms with Crippen LogP contribution in [-0.4, -0.2) is 35.9 Å². The molecule has 0 spiro atoms. The molecule has 0 saturated carbocycles. The summed E-state index contributed by atoms with van der Waals surface area (Å²) >= 11 is 11.8. The number of hydrogen-bond acceptors (Lipinski definition) is 4. The van der Waals surface area contributed by atoms with E-state index in [1.807, 2.05) is 13.8 Å². The molecule has 124 valence electrons. The molecule has 1 saturated heterocycles. The molecule has 1 aromatic carbocycles. The largest absolute Gasteiger partial charge is 0.276 e. The summed E-state index contributed by atoms with van der Waals surface area (Å²) in [6.45, 7) is 4.08. The Kier molecular flexibility index (Phi) is 5.62. The summed E-state index contributed by atoms with van der Waals surface area (Å²) in [5.74, 6) is -0.824. The summed E-state index contributed by atoms with van der Waals surface area (Å²) in [5, 5.41) is 1.51. The molecule has 1 aliphatic rings. The molecule has 0 bridgehead atoms. The monoisotopic (exact) mass is 358 g/mol. The second-order valence-corrected chi connectivity index (χ2v) is 6.44. The Balaban J connectivity index is 2.23. The van der Waals surface area contributed by atoms with Gasteiger partial charge in [0.25, 0.3) is 5.91 Å². The zero-order valence-corrected chi connectivity index (χ0v) is 14.2. The summed E-state index contributed by atoms with van der Waals surface area (Å²) in [6.07, 6.45) is 0.256. The number of anilines is 1. The van der Waals surface area contributed by atoms with E-state index in [9.17, 15) is 14.4 Å². The molecule has 1 aromatic rings. The number of benzene rings is 1. The summed E-state index contributed by atoms with van der Waals surface area (Å²) in [4.78, 5) is 42.2. The molecule has 0 aromatic heterocycles. The fourth-order valence-electron chi connectivity index (χ4n) is 2.18. The van der Waals surface area contributed by atoms with Crippen LogP contribution in [0.4, 0.5) is 5.69 Å². The Bertz CT molecular complexity index is 616. The van der Waals surface area contributed by atoms with E-state index in [0.717, 1.165) is 9.96 Å². The standard InChI is InChI=1S/C15H16Cl2N2O4/c1-9(2)7-23-18(8-20)13-6-14(21)19(15(13)22)12-4-10(16)3-11(17)5-12/h3-5,8-9,13H,6-7H2,1-2H3. The number of imide groups is 1. The Labute approximate surface area is 143 Å². The molecule has 23 heavy (non-hydrogen) atoms. The van der Waals surface area contributed by atoms with Crippen LogP contribution in [0.25, 0.3) is 0 Å². The van der Waals surface area contributed by atoms with E-state index in [1.54, 1.807) is 0 Å². The van der Waals surface area contributed by atoms with Gasteiger partial charge in [-0.15, -0.1) is 0 Å². The highest BCUT2D eigenvalue weighted by Gasteiger charge is 2.43. The first-order valence-corrected chi connectivity index (χ1v) is 7.78. The van der Waals surface area contributed by atoms with Crippen molar-refractivity contribution in [3.05, 3.63) is 28.2 Å². The lowest BCUT2D eigenvalue weighted by Crippen LogP contribution is -2.42. The van der Waals surface area contributed by atoms with Gasteiger partial charge in [0, 0.05) is 10.0 Å². The number of nitrogens with zero attached hydrogens (tertiary/aromatic N) is 2. The Morgan fingerprint density at radius 3 is 2.43 bits per heavy atom. The molecular weight excluding hydrogens is 343 g/mol. The predicted octanol–water partition coefficient (Wildman–Crippen LogP) is 2.67. The molecule has 0 N–H and O–H groups in total. The number of halogens is 2. The maximum atomic E-state index is 12.5. The predicted molar refractivity (Wildman–Crippen MR) is 86.1 cm³/mol. The molecule has 1 fully saturated rings. The molecule has 1 heterocycles. The summed E-state index contributed by atoms with van der Waals surface area (Å²) in [7, 11) is 0. The molecule has 6 nitrogen and oxygen atoms in total. The van der Waals surface area contributed by atoms with Gasteiger partial charge in [-0.3, -0.25) is 19.2 Å². The Morgan fingerprint density at radius 2 is 1.91 bits per heavy atom. The van der Waals surface area contributed by atoms with Crippen LogP contribution >= 0.6 is 23.2 Å². The SMILES string of the molecule is CC(C)CON(C=O)C1CC(=O)N(c2cc(Cl)cc(Cl)c2)C1=O. The molecule has 1 unspecified atom stereocenters. The van der Waals surface area contributed by atoms with E-state index in [-0.39, 0.29) is 24.6 Å².